The minimum atomic E-state index is -0.159. The fourth-order valence-electron chi connectivity index (χ4n) is 3.76. The molecule has 4 heterocycles. The summed E-state index contributed by atoms with van der Waals surface area (Å²) in [6.45, 7) is 3.33. The summed E-state index contributed by atoms with van der Waals surface area (Å²) in [6.07, 6.45) is 5.68. The third-order valence-electron chi connectivity index (χ3n) is 5.06. The van der Waals surface area contributed by atoms with Gasteiger partial charge in [-0.2, -0.15) is 0 Å². The lowest BCUT2D eigenvalue weighted by molar-refractivity contribution is -0.123. The van der Waals surface area contributed by atoms with E-state index in [9.17, 15) is 4.79 Å². The maximum absolute atomic E-state index is 12.5. The molecule has 1 N–H and O–H groups in total. The van der Waals surface area contributed by atoms with Crippen LogP contribution in [0.15, 0.2) is 42.9 Å². The van der Waals surface area contributed by atoms with Crippen molar-refractivity contribution >= 4 is 11.9 Å². The first kappa shape index (κ1) is 16.0. The molecular formula is C18H21N5O2. The molecule has 0 aliphatic carbocycles. The van der Waals surface area contributed by atoms with Crippen LogP contribution >= 0.6 is 0 Å². The highest BCUT2D eigenvalue weighted by Gasteiger charge is 2.52. The SMILES string of the molecule is O=C(C[C@@]12COC[C@@H]1CN(c1ncccn1)C2)NCc1ccccn1. The highest BCUT2D eigenvalue weighted by atomic mass is 16.5. The molecule has 0 aromatic carbocycles. The molecule has 2 fully saturated rings. The Hall–Kier alpha value is -2.54. The second-order valence-corrected chi connectivity index (χ2v) is 6.78. The molecule has 2 aliphatic heterocycles. The van der Waals surface area contributed by atoms with Crippen molar-refractivity contribution in [2.24, 2.45) is 11.3 Å². The molecular weight excluding hydrogens is 318 g/mol. The molecule has 2 aromatic rings. The minimum Gasteiger partial charge on any atom is -0.380 e. The molecule has 2 saturated heterocycles. The lowest BCUT2D eigenvalue weighted by atomic mass is 9.78. The monoisotopic (exact) mass is 339 g/mol. The highest BCUT2D eigenvalue weighted by molar-refractivity contribution is 5.77. The van der Waals surface area contributed by atoms with Gasteiger partial charge in [0.25, 0.3) is 0 Å². The zero-order valence-corrected chi connectivity index (χ0v) is 14.0. The molecule has 0 saturated carbocycles. The van der Waals surface area contributed by atoms with E-state index in [-0.39, 0.29) is 11.3 Å². The Morgan fingerprint density at radius 2 is 2.08 bits per heavy atom. The first-order chi connectivity index (χ1) is 12.3. The van der Waals surface area contributed by atoms with E-state index < -0.39 is 0 Å². The van der Waals surface area contributed by atoms with E-state index >= 15 is 0 Å². The summed E-state index contributed by atoms with van der Waals surface area (Å²) in [5, 5.41) is 2.98. The summed E-state index contributed by atoms with van der Waals surface area (Å²) in [6, 6.07) is 7.50. The predicted octanol–water partition coefficient (Wildman–Crippen LogP) is 1.03. The molecule has 0 bridgehead atoms. The number of hydrogen-bond acceptors (Lipinski definition) is 6. The van der Waals surface area contributed by atoms with Crippen LogP contribution in [0.5, 0.6) is 0 Å². The second-order valence-electron chi connectivity index (χ2n) is 6.78. The lowest BCUT2D eigenvalue weighted by Gasteiger charge is -2.26. The van der Waals surface area contributed by atoms with Crippen LogP contribution < -0.4 is 10.2 Å². The first-order valence-electron chi connectivity index (χ1n) is 8.51. The van der Waals surface area contributed by atoms with Crippen LogP contribution in [0.2, 0.25) is 0 Å². The van der Waals surface area contributed by atoms with E-state index in [2.05, 4.69) is 25.2 Å². The van der Waals surface area contributed by atoms with Gasteiger partial charge in [-0.15, -0.1) is 0 Å². The fourth-order valence-corrected chi connectivity index (χ4v) is 3.76. The van der Waals surface area contributed by atoms with Gasteiger partial charge in [0.2, 0.25) is 11.9 Å². The Labute approximate surface area is 146 Å². The van der Waals surface area contributed by atoms with Gasteiger partial charge in [-0.05, 0) is 18.2 Å². The van der Waals surface area contributed by atoms with Gasteiger partial charge in [0.15, 0.2) is 0 Å². The van der Waals surface area contributed by atoms with Crippen molar-refractivity contribution in [2.75, 3.05) is 31.2 Å². The molecule has 1 amide bonds. The Balaban J connectivity index is 1.40. The van der Waals surface area contributed by atoms with E-state index in [1.807, 2.05) is 24.3 Å². The number of aromatic nitrogens is 3. The number of carbonyl (C=O) groups excluding carboxylic acids is 1. The van der Waals surface area contributed by atoms with Crippen LogP contribution in [0.4, 0.5) is 5.95 Å². The van der Waals surface area contributed by atoms with Crippen molar-refractivity contribution in [2.45, 2.75) is 13.0 Å². The number of hydrogen-bond donors (Lipinski definition) is 1. The topological polar surface area (TPSA) is 80.2 Å². The third-order valence-corrected chi connectivity index (χ3v) is 5.06. The average molecular weight is 339 g/mol. The zero-order chi connectivity index (χ0) is 17.1. The van der Waals surface area contributed by atoms with Crippen LogP contribution in [0.3, 0.4) is 0 Å². The average Bonchev–Trinajstić information content (AvgIpc) is 3.18. The summed E-state index contributed by atoms with van der Waals surface area (Å²) < 4.78 is 5.70. The third kappa shape index (κ3) is 3.32. The van der Waals surface area contributed by atoms with Gasteiger partial charge >= 0.3 is 0 Å². The van der Waals surface area contributed by atoms with Gasteiger partial charge in [-0.3, -0.25) is 9.78 Å². The Morgan fingerprint density at radius 3 is 2.88 bits per heavy atom. The van der Waals surface area contributed by atoms with Crippen LogP contribution in [-0.2, 0) is 16.1 Å². The van der Waals surface area contributed by atoms with Crippen molar-refractivity contribution in [3.63, 3.8) is 0 Å². The summed E-state index contributed by atoms with van der Waals surface area (Å²) in [5.74, 6) is 1.10. The standard InChI is InChI=1S/C18H21N5O2/c24-16(22-9-15-4-1-2-5-19-15)8-18-12-23(10-14(18)11-25-13-18)17-20-6-3-7-21-17/h1-7,14H,8-13H2,(H,22,24)/t14-,18+/m0/s1. The number of rotatable bonds is 5. The Morgan fingerprint density at radius 1 is 1.24 bits per heavy atom. The van der Waals surface area contributed by atoms with E-state index in [0.717, 1.165) is 24.7 Å². The van der Waals surface area contributed by atoms with Crippen molar-refractivity contribution in [1.29, 1.82) is 0 Å². The summed E-state index contributed by atoms with van der Waals surface area (Å²) in [5.41, 5.74) is 0.700. The van der Waals surface area contributed by atoms with Crippen molar-refractivity contribution in [3.05, 3.63) is 48.5 Å². The van der Waals surface area contributed by atoms with E-state index in [0.29, 0.717) is 32.1 Å². The van der Waals surface area contributed by atoms with Crippen LogP contribution in [0, 0.1) is 11.3 Å². The molecule has 0 unspecified atom stereocenters. The molecule has 4 rings (SSSR count). The van der Waals surface area contributed by atoms with Gasteiger partial charge in [-0.25, -0.2) is 9.97 Å². The molecule has 2 atom stereocenters. The number of anilines is 1. The molecule has 7 heteroatoms. The Kier molecular flexibility index (Phi) is 4.31. The number of pyridine rings is 1. The molecule has 0 radical (unpaired) electrons. The highest BCUT2D eigenvalue weighted by Crippen LogP contribution is 2.44. The Bertz CT molecular complexity index is 727. The van der Waals surface area contributed by atoms with Gasteiger partial charge in [0.05, 0.1) is 25.5 Å². The van der Waals surface area contributed by atoms with Gasteiger partial charge < -0.3 is 15.0 Å². The first-order valence-corrected chi connectivity index (χ1v) is 8.51. The van der Waals surface area contributed by atoms with E-state index in [1.54, 1.807) is 18.6 Å². The number of amides is 1. The summed E-state index contributed by atoms with van der Waals surface area (Å²) in [7, 11) is 0. The smallest absolute Gasteiger partial charge is 0.225 e. The van der Waals surface area contributed by atoms with Crippen LogP contribution in [0.25, 0.3) is 0 Å². The largest absolute Gasteiger partial charge is 0.380 e. The zero-order valence-electron chi connectivity index (χ0n) is 14.0. The van der Waals surface area contributed by atoms with Gasteiger partial charge in [-0.1, -0.05) is 6.07 Å². The molecule has 2 aromatic heterocycles. The molecule has 0 spiro atoms. The molecule has 7 nitrogen and oxygen atoms in total. The summed E-state index contributed by atoms with van der Waals surface area (Å²) in [4.78, 5) is 27.6. The number of ether oxygens (including phenoxy) is 1. The molecule has 130 valence electrons. The quantitative estimate of drug-likeness (QED) is 0.876. The van der Waals surface area contributed by atoms with Crippen molar-refractivity contribution in [3.8, 4) is 0 Å². The minimum absolute atomic E-state index is 0.0389. The van der Waals surface area contributed by atoms with E-state index in [4.69, 9.17) is 4.74 Å². The second kappa shape index (κ2) is 6.76. The maximum atomic E-state index is 12.5. The van der Waals surface area contributed by atoms with Gasteiger partial charge in [0, 0.05) is 49.4 Å². The van der Waals surface area contributed by atoms with Crippen molar-refractivity contribution < 1.29 is 9.53 Å². The lowest BCUT2D eigenvalue weighted by Crippen LogP contribution is -2.37. The summed E-state index contributed by atoms with van der Waals surface area (Å²) >= 11 is 0. The number of nitrogens with zero attached hydrogens (tertiary/aromatic N) is 4. The maximum Gasteiger partial charge on any atom is 0.225 e. The molecule has 25 heavy (non-hydrogen) atoms. The molecule has 2 aliphatic rings. The fraction of sp³-hybridized carbons (Fsp3) is 0.444. The van der Waals surface area contributed by atoms with Crippen molar-refractivity contribution in [1.82, 2.24) is 20.3 Å². The van der Waals surface area contributed by atoms with E-state index in [1.165, 1.54) is 0 Å². The predicted molar refractivity (Wildman–Crippen MR) is 91.7 cm³/mol. The van der Waals surface area contributed by atoms with Crippen LogP contribution in [0.1, 0.15) is 12.1 Å². The normalized spacial score (nSPS) is 25.0. The number of carbonyl (C=O) groups is 1. The number of fused-ring (bicyclic) bond motifs is 1. The van der Waals surface area contributed by atoms with Gasteiger partial charge in [0.1, 0.15) is 0 Å². The number of nitrogens with one attached hydrogen (secondary N) is 1. The van der Waals surface area contributed by atoms with Crippen LogP contribution in [-0.4, -0.2) is 47.2 Å².